The minimum absolute atomic E-state index is 0. The van der Waals surface area contributed by atoms with Gasteiger partial charge in [0.25, 0.3) is 0 Å². The van der Waals surface area contributed by atoms with E-state index in [4.69, 9.17) is 12.1 Å². The Bertz CT molecular complexity index is 2160. The van der Waals surface area contributed by atoms with E-state index in [0.717, 1.165) is 48.4 Å². The monoisotopic (exact) mass is 790 g/mol. The van der Waals surface area contributed by atoms with E-state index in [-0.39, 0.29) is 25.5 Å². The molecule has 0 fully saturated rings. The molecule has 7 rings (SSSR count). The van der Waals surface area contributed by atoms with Crippen molar-refractivity contribution in [2.45, 2.75) is 60.3 Å². The maximum Gasteiger partial charge on any atom is 0.123 e. The summed E-state index contributed by atoms with van der Waals surface area (Å²) in [5.41, 5.74) is 7.08. The number of furan rings is 1. The minimum Gasteiger partial charge on any atom is -0.501 e. The van der Waals surface area contributed by atoms with Gasteiger partial charge in [0.1, 0.15) is 5.58 Å². The van der Waals surface area contributed by atoms with Crippen molar-refractivity contribution in [3.63, 3.8) is 0 Å². The van der Waals surface area contributed by atoms with E-state index < -0.39 is 11.8 Å². The van der Waals surface area contributed by atoms with E-state index in [1.54, 1.807) is 23.6 Å². The molecule has 0 aliphatic carbocycles. The van der Waals surface area contributed by atoms with Crippen LogP contribution in [0.1, 0.15) is 60.4 Å². The number of benzene rings is 3. The predicted octanol–water partition coefficient (Wildman–Crippen LogP) is 10.8. The van der Waals surface area contributed by atoms with Gasteiger partial charge in [-0.1, -0.05) is 76.3 Å². The number of rotatable bonds is 3. The van der Waals surface area contributed by atoms with Gasteiger partial charge in [-0.25, -0.2) is 4.98 Å². The molecule has 6 heteroatoms. The van der Waals surface area contributed by atoms with Crippen molar-refractivity contribution in [2.24, 2.45) is 5.41 Å². The quantitative estimate of drug-likeness (QED) is 0.167. The van der Waals surface area contributed by atoms with E-state index in [1.807, 2.05) is 88.5 Å². The molecule has 0 spiro atoms. The van der Waals surface area contributed by atoms with E-state index >= 15 is 0 Å². The number of pyridine rings is 2. The molecule has 1 radical (unpaired) electrons. The summed E-state index contributed by atoms with van der Waals surface area (Å²) < 4.78 is 24.8. The molecule has 0 saturated carbocycles. The Kier molecular flexibility index (Phi) is 8.63. The van der Waals surface area contributed by atoms with Crippen molar-refractivity contribution >= 4 is 43.5 Å². The SMILES string of the molecule is Cc1ccc(-c2[c-]cccc2)nc1.[2H]C([2H])(c1ccnc(-c2[c-]ccc3c2oc2cc4nc(C(C)(C)C)sc4cc23)c1)C(C)(C)C.[Ir]. The van der Waals surface area contributed by atoms with Gasteiger partial charge in [-0.2, -0.15) is 0 Å². The molecule has 0 atom stereocenters. The first-order valence-electron chi connectivity index (χ1n) is 15.8. The van der Waals surface area contributed by atoms with Crippen LogP contribution in [-0.4, -0.2) is 15.0 Å². The first-order valence-corrected chi connectivity index (χ1v) is 15.6. The van der Waals surface area contributed by atoms with Crippen LogP contribution in [0.3, 0.4) is 0 Å². The number of thiazole rings is 1. The van der Waals surface area contributed by atoms with Gasteiger partial charge in [0.05, 0.1) is 20.8 Å². The Morgan fingerprint density at radius 3 is 2.38 bits per heavy atom. The number of hydrogen-bond donors (Lipinski definition) is 0. The second-order valence-corrected chi connectivity index (χ2v) is 14.1. The largest absolute Gasteiger partial charge is 0.501 e. The normalized spacial score (nSPS) is 12.8. The summed E-state index contributed by atoms with van der Waals surface area (Å²) >= 11 is 1.72. The Labute approximate surface area is 286 Å². The van der Waals surface area contributed by atoms with E-state index in [9.17, 15) is 0 Å². The zero-order valence-corrected chi connectivity index (χ0v) is 29.8. The van der Waals surface area contributed by atoms with Crippen LogP contribution in [0.5, 0.6) is 0 Å². The topological polar surface area (TPSA) is 51.8 Å². The first-order chi connectivity index (χ1) is 21.7. The summed E-state index contributed by atoms with van der Waals surface area (Å²) in [7, 11) is 0. The molecular weight excluding hydrogens is 751 g/mol. The van der Waals surface area contributed by atoms with Crippen LogP contribution in [0.2, 0.25) is 0 Å². The van der Waals surface area contributed by atoms with Gasteiger partial charge in [-0.05, 0) is 47.8 Å². The molecular formula is C39H37IrN3OS-2. The predicted molar refractivity (Wildman–Crippen MR) is 184 cm³/mol. The molecule has 4 aromatic heterocycles. The summed E-state index contributed by atoms with van der Waals surface area (Å²) in [6.07, 6.45) is 2.03. The maximum absolute atomic E-state index is 8.65. The molecule has 45 heavy (non-hydrogen) atoms. The third kappa shape index (κ3) is 7.41. The van der Waals surface area contributed by atoms with Gasteiger partial charge in [-0.15, -0.1) is 65.4 Å². The van der Waals surface area contributed by atoms with E-state index in [0.29, 0.717) is 16.8 Å². The second kappa shape index (κ2) is 13.0. The fourth-order valence-electron chi connectivity index (χ4n) is 4.93. The van der Waals surface area contributed by atoms with Gasteiger partial charge < -0.3 is 14.4 Å². The fraction of sp³-hybridized carbons (Fsp3) is 0.256. The van der Waals surface area contributed by atoms with Crippen LogP contribution in [0, 0.1) is 24.5 Å². The Morgan fingerprint density at radius 2 is 1.69 bits per heavy atom. The first kappa shape index (κ1) is 30.0. The van der Waals surface area contributed by atoms with Crippen LogP contribution in [0.4, 0.5) is 0 Å². The average Bonchev–Trinajstić information content (AvgIpc) is 3.61. The smallest absolute Gasteiger partial charge is 0.123 e. The van der Waals surface area contributed by atoms with Gasteiger partial charge in [0.2, 0.25) is 0 Å². The zero-order valence-electron chi connectivity index (χ0n) is 28.6. The maximum atomic E-state index is 8.65. The van der Waals surface area contributed by atoms with Gasteiger partial charge in [0.15, 0.2) is 0 Å². The standard InChI is InChI=1S/C27H27N2OS.C12H10N.Ir/c1-26(2,3)15-16-10-11-28-20(12-16)18-9-7-8-17-19-13-23-21(14-22(19)30-24(17)18)29-25(31-23)27(4,5)6;1-10-7-8-12(13-9-10)11-5-3-2-4-6-11;/h7-8,10-14H,15H2,1-6H3;2-5,7-9H,1H3;/q2*-1;/i15D2;;. The minimum atomic E-state index is -1.51. The van der Waals surface area contributed by atoms with Crippen molar-refractivity contribution < 1.29 is 27.3 Å². The summed E-state index contributed by atoms with van der Waals surface area (Å²) in [4.78, 5) is 13.7. The zero-order chi connectivity index (χ0) is 32.9. The fourth-order valence-corrected chi connectivity index (χ4v) is 5.98. The Morgan fingerprint density at radius 1 is 0.867 bits per heavy atom. The average molecular weight is 790 g/mol. The van der Waals surface area contributed by atoms with Gasteiger partial charge in [-0.3, -0.25) is 0 Å². The van der Waals surface area contributed by atoms with E-state index in [1.165, 1.54) is 5.56 Å². The summed E-state index contributed by atoms with van der Waals surface area (Å²) in [6.45, 7) is 14.3. The molecule has 0 N–H and O–H groups in total. The molecule has 0 unspecified atom stereocenters. The molecule has 0 aliphatic heterocycles. The Hall–Kier alpha value is -3.70. The van der Waals surface area contributed by atoms with Crippen molar-refractivity contribution in [1.82, 2.24) is 15.0 Å². The van der Waals surface area contributed by atoms with Crippen LogP contribution in [0.25, 0.3) is 54.7 Å². The van der Waals surface area contributed by atoms with Crippen LogP contribution in [0.15, 0.2) is 89.6 Å². The summed E-state index contributed by atoms with van der Waals surface area (Å²) in [5.74, 6) is 0. The molecule has 0 aliphatic rings. The van der Waals surface area contributed by atoms with Crippen molar-refractivity contribution in [2.75, 3.05) is 0 Å². The van der Waals surface area contributed by atoms with Gasteiger partial charge >= 0.3 is 0 Å². The van der Waals surface area contributed by atoms with Crippen LogP contribution >= 0.6 is 11.3 Å². The van der Waals surface area contributed by atoms with Crippen molar-refractivity contribution in [1.29, 1.82) is 0 Å². The molecule has 0 bridgehead atoms. The number of fused-ring (bicyclic) bond motifs is 4. The van der Waals surface area contributed by atoms with Gasteiger partial charge in [0, 0.05) is 52.1 Å². The molecule has 3 aromatic carbocycles. The molecule has 7 aromatic rings. The van der Waals surface area contributed by atoms with E-state index in [2.05, 4.69) is 55.0 Å². The third-order valence-corrected chi connectivity index (χ3v) is 8.46. The van der Waals surface area contributed by atoms with Crippen LogP contribution < -0.4 is 0 Å². The second-order valence-electron chi connectivity index (χ2n) is 13.1. The Balaban J connectivity index is 0.000000260. The third-order valence-electron chi connectivity index (χ3n) is 7.01. The molecule has 0 amide bonds. The molecule has 4 nitrogen and oxygen atoms in total. The number of aromatic nitrogens is 3. The molecule has 0 saturated heterocycles. The number of hydrogen-bond acceptors (Lipinski definition) is 5. The summed E-state index contributed by atoms with van der Waals surface area (Å²) in [6, 6.07) is 30.0. The molecule has 4 heterocycles. The number of nitrogens with zero attached hydrogens (tertiary/aromatic N) is 3. The van der Waals surface area contributed by atoms with Crippen molar-refractivity contribution in [3.8, 4) is 22.5 Å². The summed E-state index contributed by atoms with van der Waals surface area (Å²) in [5, 5.41) is 3.15. The van der Waals surface area contributed by atoms with Crippen molar-refractivity contribution in [3.05, 3.63) is 113 Å². The van der Waals surface area contributed by atoms with Crippen LogP contribution in [-0.2, 0) is 31.9 Å². The number of aryl methyl sites for hydroxylation is 1. The molecule has 231 valence electrons.